The van der Waals surface area contributed by atoms with Crippen molar-refractivity contribution < 1.29 is 14.0 Å². The highest BCUT2D eigenvalue weighted by atomic mass is 16.3. The van der Waals surface area contributed by atoms with Crippen molar-refractivity contribution in [3.05, 3.63) is 46.5 Å². The maximum Gasteiger partial charge on any atom is 0.291 e. The molecule has 0 aliphatic rings. The third-order valence-corrected chi connectivity index (χ3v) is 4.48. The summed E-state index contributed by atoms with van der Waals surface area (Å²) in [5.74, 6) is -0.446. The SMILES string of the molecule is Cc1ccc2c(C)c(C(=O)Nc3c(C(=O)N(C)C)nn(C)c3C)oc2c1. The third-order valence-electron chi connectivity index (χ3n) is 4.48. The molecule has 0 aliphatic carbocycles. The van der Waals surface area contributed by atoms with Crippen LogP contribution in [0.5, 0.6) is 0 Å². The van der Waals surface area contributed by atoms with E-state index in [1.165, 1.54) is 4.90 Å². The van der Waals surface area contributed by atoms with Crippen LogP contribution in [0.4, 0.5) is 5.69 Å². The van der Waals surface area contributed by atoms with Crippen LogP contribution in [0.25, 0.3) is 11.0 Å². The van der Waals surface area contributed by atoms with Gasteiger partial charge in [-0.2, -0.15) is 5.10 Å². The minimum atomic E-state index is -0.403. The van der Waals surface area contributed by atoms with Crippen molar-refractivity contribution in [2.45, 2.75) is 20.8 Å². The molecule has 0 aliphatic heterocycles. The molecule has 26 heavy (non-hydrogen) atoms. The molecular formula is C19H22N4O3. The highest BCUT2D eigenvalue weighted by molar-refractivity contribution is 6.10. The number of benzene rings is 1. The zero-order chi connectivity index (χ0) is 19.2. The van der Waals surface area contributed by atoms with Crippen LogP contribution in [-0.4, -0.2) is 40.6 Å². The molecule has 2 amide bonds. The summed E-state index contributed by atoms with van der Waals surface area (Å²) in [5, 5.41) is 7.94. The molecule has 0 radical (unpaired) electrons. The van der Waals surface area contributed by atoms with Gasteiger partial charge in [-0.3, -0.25) is 14.3 Å². The molecule has 0 atom stereocenters. The van der Waals surface area contributed by atoms with E-state index in [0.29, 0.717) is 17.0 Å². The highest BCUT2D eigenvalue weighted by Crippen LogP contribution is 2.28. The van der Waals surface area contributed by atoms with Crippen molar-refractivity contribution in [1.29, 1.82) is 0 Å². The summed E-state index contributed by atoms with van der Waals surface area (Å²) < 4.78 is 7.34. The lowest BCUT2D eigenvalue weighted by atomic mass is 10.1. The smallest absolute Gasteiger partial charge is 0.291 e. The first-order valence-electron chi connectivity index (χ1n) is 8.27. The van der Waals surface area contributed by atoms with E-state index in [1.54, 1.807) is 32.7 Å². The Labute approximate surface area is 151 Å². The van der Waals surface area contributed by atoms with Gasteiger partial charge in [0.25, 0.3) is 11.8 Å². The molecule has 2 heterocycles. The Hall–Kier alpha value is -3.09. The predicted octanol–water partition coefficient (Wildman–Crippen LogP) is 3.05. The molecule has 0 bridgehead atoms. The lowest BCUT2D eigenvalue weighted by Gasteiger charge is -2.10. The first kappa shape index (κ1) is 17.7. The Bertz CT molecular complexity index is 1030. The van der Waals surface area contributed by atoms with Crippen LogP contribution in [-0.2, 0) is 7.05 Å². The summed E-state index contributed by atoms with van der Waals surface area (Å²) in [4.78, 5) is 26.6. The number of aromatic nitrogens is 2. The predicted molar refractivity (Wildman–Crippen MR) is 99.6 cm³/mol. The van der Waals surface area contributed by atoms with Crippen molar-refractivity contribution in [2.24, 2.45) is 7.05 Å². The van der Waals surface area contributed by atoms with Crippen molar-refractivity contribution in [3.63, 3.8) is 0 Å². The fourth-order valence-electron chi connectivity index (χ4n) is 2.84. The molecule has 2 aromatic heterocycles. The molecular weight excluding hydrogens is 332 g/mol. The van der Waals surface area contributed by atoms with Gasteiger partial charge in [-0.15, -0.1) is 0 Å². The Morgan fingerprint density at radius 1 is 1.19 bits per heavy atom. The summed E-state index contributed by atoms with van der Waals surface area (Å²) in [6, 6.07) is 5.82. The molecule has 0 saturated carbocycles. The maximum absolute atomic E-state index is 12.8. The third kappa shape index (κ3) is 2.85. The quantitative estimate of drug-likeness (QED) is 0.784. The van der Waals surface area contributed by atoms with Gasteiger partial charge in [0.1, 0.15) is 5.58 Å². The Morgan fingerprint density at radius 3 is 2.54 bits per heavy atom. The molecule has 136 valence electrons. The number of aryl methyl sites for hydroxylation is 3. The lowest BCUT2D eigenvalue weighted by molar-refractivity contribution is 0.0822. The highest BCUT2D eigenvalue weighted by Gasteiger charge is 2.25. The summed E-state index contributed by atoms with van der Waals surface area (Å²) in [6.07, 6.45) is 0. The number of hydrogen-bond donors (Lipinski definition) is 1. The van der Waals surface area contributed by atoms with E-state index in [1.807, 2.05) is 32.0 Å². The Morgan fingerprint density at radius 2 is 1.88 bits per heavy atom. The van der Waals surface area contributed by atoms with Gasteiger partial charge in [0.2, 0.25) is 0 Å². The Balaban J connectivity index is 2.01. The van der Waals surface area contributed by atoms with Crippen LogP contribution < -0.4 is 5.32 Å². The second-order valence-corrected chi connectivity index (χ2v) is 6.64. The number of anilines is 1. The minimum Gasteiger partial charge on any atom is -0.451 e. The molecule has 0 spiro atoms. The molecule has 1 N–H and O–H groups in total. The van der Waals surface area contributed by atoms with Gasteiger partial charge in [-0.25, -0.2) is 0 Å². The van der Waals surface area contributed by atoms with E-state index in [9.17, 15) is 9.59 Å². The zero-order valence-electron chi connectivity index (χ0n) is 15.8. The first-order valence-corrected chi connectivity index (χ1v) is 8.27. The van der Waals surface area contributed by atoms with Crippen LogP contribution in [0, 0.1) is 20.8 Å². The van der Waals surface area contributed by atoms with E-state index < -0.39 is 5.91 Å². The van der Waals surface area contributed by atoms with Gasteiger partial charge < -0.3 is 14.6 Å². The van der Waals surface area contributed by atoms with Gasteiger partial charge in [0, 0.05) is 32.1 Å². The van der Waals surface area contributed by atoms with Gasteiger partial charge in [0.15, 0.2) is 11.5 Å². The minimum absolute atomic E-state index is 0.202. The molecule has 0 saturated heterocycles. The molecule has 7 nitrogen and oxygen atoms in total. The van der Waals surface area contributed by atoms with Gasteiger partial charge in [0.05, 0.1) is 11.4 Å². The average molecular weight is 354 g/mol. The van der Waals surface area contributed by atoms with E-state index in [4.69, 9.17) is 4.42 Å². The van der Waals surface area contributed by atoms with Crippen LogP contribution in [0.2, 0.25) is 0 Å². The number of nitrogens with one attached hydrogen (secondary N) is 1. The van der Waals surface area contributed by atoms with E-state index in [2.05, 4.69) is 10.4 Å². The molecule has 1 aromatic carbocycles. The molecule has 3 rings (SSSR count). The number of furan rings is 1. The van der Waals surface area contributed by atoms with Crippen LogP contribution in [0.15, 0.2) is 22.6 Å². The number of hydrogen-bond acceptors (Lipinski definition) is 4. The number of fused-ring (bicyclic) bond motifs is 1. The van der Waals surface area contributed by atoms with Crippen molar-refractivity contribution in [3.8, 4) is 0 Å². The monoisotopic (exact) mass is 354 g/mol. The molecule has 0 unspecified atom stereocenters. The van der Waals surface area contributed by atoms with Crippen molar-refractivity contribution in [1.82, 2.24) is 14.7 Å². The van der Waals surface area contributed by atoms with E-state index in [0.717, 1.165) is 16.5 Å². The fraction of sp³-hybridized carbons (Fsp3) is 0.316. The van der Waals surface area contributed by atoms with Crippen LogP contribution in [0.1, 0.15) is 37.9 Å². The fourth-order valence-corrected chi connectivity index (χ4v) is 2.84. The van der Waals surface area contributed by atoms with E-state index in [-0.39, 0.29) is 17.4 Å². The van der Waals surface area contributed by atoms with Gasteiger partial charge in [-0.05, 0) is 32.4 Å². The number of carbonyl (C=O) groups excluding carboxylic acids is 2. The summed E-state index contributed by atoms with van der Waals surface area (Å²) >= 11 is 0. The van der Waals surface area contributed by atoms with Crippen LogP contribution in [0.3, 0.4) is 0 Å². The van der Waals surface area contributed by atoms with Crippen molar-refractivity contribution in [2.75, 3.05) is 19.4 Å². The van der Waals surface area contributed by atoms with Gasteiger partial charge >= 0.3 is 0 Å². The number of amides is 2. The second-order valence-electron chi connectivity index (χ2n) is 6.64. The number of rotatable bonds is 3. The largest absolute Gasteiger partial charge is 0.451 e. The van der Waals surface area contributed by atoms with E-state index >= 15 is 0 Å². The summed E-state index contributed by atoms with van der Waals surface area (Å²) in [6.45, 7) is 5.61. The Kier molecular flexibility index (Phi) is 4.31. The maximum atomic E-state index is 12.8. The van der Waals surface area contributed by atoms with Crippen LogP contribution >= 0.6 is 0 Å². The molecule has 7 heteroatoms. The standard InChI is InChI=1S/C19H22N4O3/c1-10-7-8-13-11(2)17(26-14(13)9-10)18(24)20-15-12(3)23(6)21-16(15)19(25)22(4)5/h7-9H,1-6H3,(H,20,24). The van der Waals surface area contributed by atoms with Crippen molar-refractivity contribution >= 4 is 28.5 Å². The topological polar surface area (TPSA) is 80.4 Å². The number of nitrogens with zero attached hydrogens (tertiary/aromatic N) is 3. The zero-order valence-corrected chi connectivity index (χ0v) is 15.8. The lowest BCUT2D eigenvalue weighted by Crippen LogP contribution is -2.24. The van der Waals surface area contributed by atoms with Gasteiger partial charge in [-0.1, -0.05) is 12.1 Å². The normalized spacial score (nSPS) is 11.0. The first-order chi connectivity index (χ1) is 12.2. The summed E-state index contributed by atoms with van der Waals surface area (Å²) in [7, 11) is 5.01. The molecule has 3 aromatic rings. The number of carbonyl (C=O) groups is 2. The molecule has 0 fully saturated rings. The summed E-state index contributed by atoms with van der Waals surface area (Å²) in [5.41, 5.74) is 3.77. The average Bonchev–Trinajstić information content (AvgIpc) is 3.05. The second kappa shape index (κ2) is 6.33.